The summed E-state index contributed by atoms with van der Waals surface area (Å²) in [5.41, 5.74) is 1.88. The molecule has 0 aliphatic carbocycles. The molecule has 0 unspecified atom stereocenters. The SMILES string of the molecule is CCN(CC)CCCNC(=O)c1nc2ccccc2nc1Sc1ccc(Br)cc1. The molecule has 0 bridgehead atoms. The number of nitrogens with zero attached hydrogens (tertiary/aromatic N) is 3. The van der Waals surface area contributed by atoms with E-state index in [-0.39, 0.29) is 5.91 Å². The first-order valence-corrected chi connectivity index (χ1v) is 11.4. The lowest BCUT2D eigenvalue weighted by Crippen LogP contribution is -2.30. The normalized spacial score (nSPS) is 11.2. The average molecular weight is 473 g/mol. The van der Waals surface area contributed by atoms with Crippen LogP contribution in [0.25, 0.3) is 11.0 Å². The quantitative estimate of drug-likeness (QED) is 0.443. The van der Waals surface area contributed by atoms with Crippen LogP contribution in [-0.4, -0.2) is 47.0 Å². The predicted octanol–water partition coefficient (Wildman–Crippen LogP) is 5.01. The maximum absolute atomic E-state index is 12.9. The van der Waals surface area contributed by atoms with Crippen molar-refractivity contribution in [1.82, 2.24) is 20.2 Å². The molecule has 5 nitrogen and oxygen atoms in total. The molecule has 0 aliphatic rings. The maximum atomic E-state index is 12.9. The second kappa shape index (κ2) is 10.7. The third-order valence-electron chi connectivity index (χ3n) is 4.61. The van der Waals surface area contributed by atoms with Crippen LogP contribution >= 0.6 is 27.7 Å². The van der Waals surface area contributed by atoms with E-state index in [1.807, 2.05) is 48.5 Å². The van der Waals surface area contributed by atoms with Crippen molar-refractivity contribution in [2.24, 2.45) is 0 Å². The first-order chi connectivity index (χ1) is 14.1. The monoisotopic (exact) mass is 472 g/mol. The van der Waals surface area contributed by atoms with Crippen molar-refractivity contribution in [1.29, 1.82) is 0 Å². The van der Waals surface area contributed by atoms with E-state index in [2.05, 4.69) is 45.0 Å². The Hall–Kier alpha value is -1.96. The minimum atomic E-state index is -0.178. The van der Waals surface area contributed by atoms with Gasteiger partial charge in [-0.2, -0.15) is 0 Å². The minimum absolute atomic E-state index is 0.178. The molecule has 0 spiro atoms. The maximum Gasteiger partial charge on any atom is 0.272 e. The Morgan fingerprint density at radius 1 is 1.03 bits per heavy atom. The third kappa shape index (κ3) is 6.01. The van der Waals surface area contributed by atoms with Crippen LogP contribution in [0.3, 0.4) is 0 Å². The second-order valence-corrected chi connectivity index (χ2v) is 8.54. The van der Waals surface area contributed by atoms with Crippen LogP contribution in [0, 0.1) is 0 Å². The molecule has 2 aromatic carbocycles. The summed E-state index contributed by atoms with van der Waals surface area (Å²) < 4.78 is 1.01. The highest BCUT2D eigenvalue weighted by Gasteiger charge is 2.17. The largest absolute Gasteiger partial charge is 0.351 e. The first-order valence-electron chi connectivity index (χ1n) is 9.81. The summed E-state index contributed by atoms with van der Waals surface area (Å²) in [7, 11) is 0. The van der Waals surface area contributed by atoms with Crippen molar-refractivity contribution < 1.29 is 4.79 Å². The molecule has 0 saturated heterocycles. The molecule has 152 valence electrons. The van der Waals surface area contributed by atoms with E-state index in [9.17, 15) is 4.79 Å². The fraction of sp³-hybridized carbons (Fsp3) is 0.318. The van der Waals surface area contributed by atoms with Gasteiger partial charge in [0.05, 0.1) is 11.0 Å². The molecular formula is C22H25BrN4OS. The molecular weight excluding hydrogens is 448 g/mol. The third-order valence-corrected chi connectivity index (χ3v) is 6.13. The second-order valence-electron chi connectivity index (χ2n) is 6.56. The topological polar surface area (TPSA) is 58.1 Å². The van der Waals surface area contributed by atoms with Gasteiger partial charge in [-0.1, -0.05) is 53.7 Å². The Balaban J connectivity index is 1.78. The van der Waals surface area contributed by atoms with Crippen molar-refractivity contribution in [3.63, 3.8) is 0 Å². The Kier molecular flexibility index (Phi) is 8.03. The summed E-state index contributed by atoms with van der Waals surface area (Å²) in [5, 5.41) is 3.63. The van der Waals surface area contributed by atoms with Crippen LogP contribution in [0.4, 0.5) is 0 Å². The molecule has 0 radical (unpaired) electrons. The molecule has 1 N–H and O–H groups in total. The van der Waals surface area contributed by atoms with Crippen LogP contribution in [0.15, 0.2) is 62.9 Å². The molecule has 29 heavy (non-hydrogen) atoms. The fourth-order valence-corrected chi connectivity index (χ4v) is 4.08. The molecule has 0 atom stereocenters. The van der Waals surface area contributed by atoms with Gasteiger partial charge in [-0.3, -0.25) is 4.79 Å². The number of para-hydroxylation sites is 2. The number of fused-ring (bicyclic) bond motifs is 1. The summed E-state index contributed by atoms with van der Waals surface area (Å²) in [5.74, 6) is -0.178. The lowest BCUT2D eigenvalue weighted by molar-refractivity contribution is 0.0943. The molecule has 1 amide bonds. The van der Waals surface area contributed by atoms with E-state index in [0.29, 0.717) is 17.3 Å². The highest BCUT2D eigenvalue weighted by molar-refractivity contribution is 9.10. The lowest BCUT2D eigenvalue weighted by Gasteiger charge is -2.17. The summed E-state index contributed by atoms with van der Waals surface area (Å²) in [6, 6.07) is 15.6. The van der Waals surface area contributed by atoms with Gasteiger partial charge in [0.1, 0.15) is 5.03 Å². The van der Waals surface area contributed by atoms with E-state index in [0.717, 1.165) is 46.5 Å². The van der Waals surface area contributed by atoms with Crippen molar-refractivity contribution in [3.05, 3.63) is 58.7 Å². The molecule has 0 saturated carbocycles. The summed E-state index contributed by atoms with van der Waals surface area (Å²) in [6.45, 7) is 7.93. The van der Waals surface area contributed by atoms with Gasteiger partial charge in [-0.25, -0.2) is 9.97 Å². The predicted molar refractivity (Wildman–Crippen MR) is 123 cm³/mol. The summed E-state index contributed by atoms with van der Waals surface area (Å²) >= 11 is 4.91. The van der Waals surface area contributed by atoms with Crippen LogP contribution in [0.2, 0.25) is 0 Å². The Morgan fingerprint density at radius 2 is 1.69 bits per heavy atom. The van der Waals surface area contributed by atoms with Crippen LogP contribution < -0.4 is 5.32 Å². The van der Waals surface area contributed by atoms with Gasteiger partial charge in [0.25, 0.3) is 5.91 Å². The van der Waals surface area contributed by atoms with Gasteiger partial charge in [0.15, 0.2) is 5.69 Å². The van der Waals surface area contributed by atoms with Gasteiger partial charge in [-0.05, 0) is 62.5 Å². The summed E-state index contributed by atoms with van der Waals surface area (Å²) in [4.78, 5) is 25.6. The van der Waals surface area contributed by atoms with E-state index in [4.69, 9.17) is 4.98 Å². The molecule has 3 rings (SSSR count). The number of hydrogen-bond acceptors (Lipinski definition) is 5. The smallest absolute Gasteiger partial charge is 0.272 e. The van der Waals surface area contributed by atoms with Crippen LogP contribution in [0.1, 0.15) is 30.8 Å². The Bertz CT molecular complexity index is 961. The number of halogens is 1. The molecule has 1 aromatic heterocycles. The lowest BCUT2D eigenvalue weighted by atomic mass is 10.3. The molecule has 3 aromatic rings. The number of rotatable bonds is 9. The Morgan fingerprint density at radius 3 is 2.34 bits per heavy atom. The molecule has 0 aliphatic heterocycles. The molecule has 0 fully saturated rings. The van der Waals surface area contributed by atoms with E-state index in [1.165, 1.54) is 11.8 Å². The zero-order valence-electron chi connectivity index (χ0n) is 16.7. The highest BCUT2D eigenvalue weighted by Crippen LogP contribution is 2.30. The van der Waals surface area contributed by atoms with Gasteiger partial charge >= 0.3 is 0 Å². The Labute approximate surface area is 184 Å². The molecule has 7 heteroatoms. The van der Waals surface area contributed by atoms with E-state index in [1.54, 1.807) is 0 Å². The number of carbonyl (C=O) groups excluding carboxylic acids is 1. The standard InChI is InChI=1S/C22H25BrN4OS/c1-3-27(4-2)15-7-14-24-21(28)20-22(29-17-12-10-16(23)11-13-17)26-19-9-6-5-8-18(19)25-20/h5-6,8-13H,3-4,7,14-15H2,1-2H3,(H,24,28). The minimum Gasteiger partial charge on any atom is -0.351 e. The number of hydrogen-bond donors (Lipinski definition) is 1. The zero-order chi connectivity index (χ0) is 20.6. The zero-order valence-corrected chi connectivity index (χ0v) is 19.1. The van der Waals surface area contributed by atoms with Crippen LogP contribution in [0.5, 0.6) is 0 Å². The van der Waals surface area contributed by atoms with Gasteiger partial charge in [0, 0.05) is 15.9 Å². The van der Waals surface area contributed by atoms with Gasteiger partial charge in [-0.15, -0.1) is 0 Å². The van der Waals surface area contributed by atoms with Crippen molar-refractivity contribution in [2.75, 3.05) is 26.2 Å². The number of aromatic nitrogens is 2. The van der Waals surface area contributed by atoms with Crippen molar-refractivity contribution in [2.45, 2.75) is 30.2 Å². The van der Waals surface area contributed by atoms with Crippen LogP contribution in [-0.2, 0) is 0 Å². The average Bonchev–Trinajstić information content (AvgIpc) is 2.75. The van der Waals surface area contributed by atoms with Crippen molar-refractivity contribution in [3.8, 4) is 0 Å². The van der Waals surface area contributed by atoms with E-state index >= 15 is 0 Å². The number of benzene rings is 2. The summed E-state index contributed by atoms with van der Waals surface area (Å²) in [6.07, 6.45) is 0.906. The van der Waals surface area contributed by atoms with E-state index < -0.39 is 0 Å². The molecule has 1 heterocycles. The number of nitrogens with one attached hydrogen (secondary N) is 1. The van der Waals surface area contributed by atoms with Crippen molar-refractivity contribution >= 4 is 44.6 Å². The van der Waals surface area contributed by atoms with Gasteiger partial charge < -0.3 is 10.2 Å². The van der Waals surface area contributed by atoms with Gasteiger partial charge in [0.2, 0.25) is 0 Å². The number of carbonyl (C=O) groups is 1. The highest BCUT2D eigenvalue weighted by atomic mass is 79.9. The first kappa shape index (κ1) is 21.7. The fourth-order valence-electron chi connectivity index (χ4n) is 2.95. The number of amides is 1.